The summed E-state index contributed by atoms with van der Waals surface area (Å²) in [4.78, 5) is 14.4. The van der Waals surface area contributed by atoms with E-state index in [4.69, 9.17) is 11.6 Å². The number of hydrogen-bond acceptors (Lipinski definition) is 4. The van der Waals surface area contributed by atoms with Gasteiger partial charge in [0.2, 0.25) is 5.91 Å². The van der Waals surface area contributed by atoms with Crippen molar-refractivity contribution in [3.8, 4) is 0 Å². The smallest absolute Gasteiger partial charge is 0.252 e. The van der Waals surface area contributed by atoms with Crippen molar-refractivity contribution in [2.45, 2.75) is 36.4 Å². The van der Waals surface area contributed by atoms with Crippen LogP contribution in [-0.4, -0.2) is 49.2 Å². The predicted molar refractivity (Wildman–Crippen MR) is 86.6 cm³/mol. The Hall–Kier alpha value is -0.630. The van der Waals surface area contributed by atoms with Gasteiger partial charge in [-0.3, -0.25) is 4.79 Å². The Morgan fingerprint density at radius 3 is 2.73 bits per heavy atom. The van der Waals surface area contributed by atoms with Crippen LogP contribution in [0.3, 0.4) is 0 Å². The van der Waals surface area contributed by atoms with E-state index in [0.717, 1.165) is 30.6 Å². The van der Waals surface area contributed by atoms with Crippen LogP contribution in [0, 0.1) is 5.92 Å². The molecule has 2 bridgehead atoms. The summed E-state index contributed by atoms with van der Waals surface area (Å²) in [5.41, 5.74) is 0. The normalized spacial score (nSPS) is 26.5. The van der Waals surface area contributed by atoms with Crippen LogP contribution in [0.4, 0.5) is 0 Å². The summed E-state index contributed by atoms with van der Waals surface area (Å²) in [6, 6.07) is 3.14. The number of halogens is 1. The second-order valence-electron chi connectivity index (χ2n) is 5.84. The van der Waals surface area contributed by atoms with E-state index in [0.29, 0.717) is 17.4 Å². The van der Waals surface area contributed by atoms with Gasteiger partial charge in [0.15, 0.2) is 0 Å². The molecule has 4 rings (SSSR count). The summed E-state index contributed by atoms with van der Waals surface area (Å²) in [6.07, 6.45) is 2.55. The second kappa shape index (κ2) is 6.11. The van der Waals surface area contributed by atoms with Crippen LogP contribution in [0.1, 0.15) is 26.2 Å². The lowest BCUT2D eigenvalue weighted by Crippen LogP contribution is -2.48. The van der Waals surface area contributed by atoms with Crippen LogP contribution < -0.4 is 0 Å². The average molecular weight is 363 g/mol. The second-order valence-corrected chi connectivity index (χ2v) is 9.72. The van der Waals surface area contributed by atoms with Crippen LogP contribution in [0.25, 0.3) is 0 Å². The fourth-order valence-electron chi connectivity index (χ4n) is 3.30. The molecule has 4 heterocycles. The molecular weight excluding hydrogens is 344 g/mol. The molecule has 3 saturated heterocycles. The minimum absolute atomic E-state index is 0.00332. The molecule has 8 heteroatoms. The maximum Gasteiger partial charge on any atom is 0.252 e. The van der Waals surface area contributed by atoms with Gasteiger partial charge in [-0.1, -0.05) is 18.5 Å². The topological polar surface area (TPSA) is 57.7 Å². The first kappa shape index (κ1) is 16.2. The number of carbonyl (C=O) groups excluding carboxylic acids is 1. The molecule has 3 aliphatic heterocycles. The molecule has 0 aromatic carbocycles. The quantitative estimate of drug-likeness (QED) is 0.826. The molecule has 0 radical (unpaired) electrons. The molecule has 1 amide bonds. The molecular formula is C14H19ClN2O3S2. The Balaban J connectivity index is 1.89. The van der Waals surface area contributed by atoms with Gasteiger partial charge in [-0.25, -0.2) is 8.42 Å². The van der Waals surface area contributed by atoms with Crippen molar-refractivity contribution in [1.29, 1.82) is 0 Å². The lowest BCUT2D eigenvalue weighted by Gasteiger charge is -2.35. The van der Waals surface area contributed by atoms with Crippen LogP contribution in [-0.2, 0) is 14.8 Å². The lowest BCUT2D eigenvalue weighted by atomic mass is 9.94. The third-order valence-electron chi connectivity index (χ3n) is 4.37. The number of fused-ring (bicyclic) bond motifs is 4. The zero-order valence-corrected chi connectivity index (χ0v) is 14.8. The van der Waals surface area contributed by atoms with Crippen LogP contribution >= 0.6 is 22.9 Å². The van der Waals surface area contributed by atoms with E-state index in [2.05, 4.69) is 0 Å². The molecule has 5 nitrogen and oxygen atoms in total. The van der Waals surface area contributed by atoms with Crippen molar-refractivity contribution in [2.75, 3.05) is 19.6 Å². The van der Waals surface area contributed by atoms with Gasteiger partial charge in [0.25, 0.3) is 10.0 Å². The van der Waals surface area contributed by atoms with Crippen molar-refractivity contribution >= 4 is 38.9 Å². The number of piperidine rings is 1. The van der Waals surface area contributed by atoms with E-state index in [1.54, 1.807) is 12.1 Å². The van der Waals surface area contributed by atoms with E-state index in [1.165, 1.54) is 4.31 Å². The molecule has 2 atom stereocenters. The van der Waals surface area contributed by atoms with Gasteiger partial charge in [-0.2, -0.15) is 4.31 Å². The van der Waals surface area contributed by atoms with E-state index in [-0.39, 0.29) is 28.6 Å². The Labute approximate surface area is 139 Å². The van der Waals surface area contributed by atoms with E-state index >= 15 is 0 Å². The summed E-state index contributed by atoms with van der Waals surface area (Å²) in [7, 11) is -3.56. The number of amides is 1. The summed E-state index contributed by atoms with van der Waals surface area (Å²) in [6.45, 7) is 3.42. The zero-order valence-electron chi connectivity index (χ0n) is 12.4. The highest BCUT2D eigenvalue weighted by Crippen LogP contribution is 2.34. The first-order valence-corrected chi connectivity index (χ1v) is 10.1. The van der Waals surface area contributed by atoms with Gasteiger partial charge in [0.05, 0.1) is 10.3 Å². The number of nitrogens with zero attached hydrogens (tertiary/aromatic N) is 2. The standard InChI is InChI=1S/C14H19ClN2O3S2/c1-2-7-17-11-4-3-10(14(17)18)8-16(9-11)22(19,20)13-6-5-12(15)21-13/h5-6,10-11H,2-4,7-9H2,1H3/t10-,11+/m1/s1. The monoisotopic (exact) mass is 362 g/mol. The zero-order chi connectivity index (χ0) is 15.9. The SMILES string of the molecule is CCCN1C(=O)[C@@H]2CC[C@H]1CN(S(=O)(=O)c1ccc(Cl)s1)C2. The number of thiophene rings is 1. The van der Waals surface area contributed by atoms with Gasteiger partial charge in [0, 0.05) is 25.7 Å². The van der Waals surface area contributed by atoms with Crippen molar-refractivity contribution in [3.05, 3.63) is 16.5 Å². The van der Waals surface area contributed by atoms with E-state index < -0.39 is 10.0 Å². The van der Waals surface area contributed by atoms with Gasteiger partial charge < -0.3 is 4.90 Å². The molecule has 0 unspecified atom stereocenters. The highest BCUT2D eigenvalue weighted by molar-refractivity contribution is 7.91. The first-order chi connectivity index (χ1) is 10.4. The maximum absolute atomic E-state index is 12.8. The van der Waals surface area contributed by atoms with Gasteiger partial charge in [0.1, 0.15) is 4.21 Å². The van der Waals surface area contributed by atoms with E-state index in [1.807, 2.05) is 11.8 Å². The van der Waals surface area contributed by atoms with Crippen molar-refractivity contribution in [2.24, 2.45) is 5.92 Å². The van der Waals surface area contributed by atoms with Crippen LogP contribution in [0.15, 0.2) is 16.3 Å². The summed E-state index contributed by atoms with van der Waals surface area (Å²) < 4.78 is 27.8. The molecule has 0 spiro atoms. The number of rotatable bonds is 4. The molecule has 22 heavy (non-hydrogen) atoms. The van der Waals surface area contributed by atoms with Crippen molar-refractivity contribution < 1.29 is 13.2 Å². The Kier molecular flexibility index (Phi) is 4.51. The van der Waals surface area contributed by atoms with Gasteiger partial charge in [-0.15, -0.1) is 11.3 Å². The Morgan fingerprint density at radius 2 is 2.09 bits per heavy atom. The summed E-state index contributed by atoms with van der Waals surface area (Å²) in [5.74, 6) is -0.101. The summed E-state index contributed by atoms with van der Waals surface area (Å²) >= 11 is 6.94. The molecule has 0 aliphatic carbocycles. The molecule has 3 fully saturated rings. The molecule has 0 saturated carbocycles. The minimum Gasteiger partial charge on any atom is -0.338 e. The first-order valence-electron chi connectivity index (χ1n) is 7.49. The highest BCUT2D eigenvalue weighted by atomic mass is 35.5. The van der Waals surface area contributed by atoms with E-state index in [9.17, 15) is 13.2 Å². The third kappa shape index (κ3) is 2.79. The average Bonchev–Trinajstić information content (AvgIpc) is 2.74. The molecule has 122 valence electrons. The van der Waals surface area contributed by atoms with Gasteiger partial charge in [-0.05, 0) is 31.4 Å². The third-order valence-corrected chi connectivity index (χ3v) is 7.90. The Morgan fingerprint density at radius 1 is 1.32 bits per heavy atom. The van der Waals surface area contributed by atoms with Crippen LogP contribution in [0.5, 0.6) is 0 Å². The molecule has 1 aromatic rings. The number of hydrogen-bond donors (Lipinski definition) is 0. The molecule has 0 N–H and O–H groups in total. The molecule has 3 aliphatic rings. The Bertz CT molecular complexity index is 673. The summed E-state index contributed by atoms with van der Waals surface area (Å²) in [5, 5.41) is 0. The predicted octanol–water partition coefficient (Wildman–Crippen LogP) is 2.42. The lowest BCUT2D eigenvalue weighted by molar-refractivity contribution is -0.139. The highest BCUT2D eigenvalue weighted by Gasteiger charge is 2.43. The largest absolute Gasteiger partial charge is 0.338 e. The number of sulfonamides is 1. The van der Waals surface area contributed by atoms with Crippen molar-refractivity contribution in [3.63, 3.8) is 0 Å². The maximum atomic E-state index is 12.8. The van der Waals surface area contributed by atoms with Crippen LogP contribution in [0.2, 0.25) is 4.34 Å². The fraction of sp³-hybridized carbons (Fsp3) is 0.643. The minimum atomic E-state index is -3.56. The molecule has 1 aromatic heterocycles. The van der Waals surface area contributed by atoms with Crippen molar-refractivity contribution in [1.82, 2.24) is 9.21 Å². The fourth-order valence-corrected chi connectivity index (χ4v) is 6.46. The van der Waals surface area contributed by atoms with Gasteiger partial charge >= 0.3 is 0 Å². The number of carbonyl (C=O) groups is 1.